The predicted molar refractivity (Wildman–Crippen MR) is 257 cm³/mol. The summed E-state index contributed by atoms with van der Waals surface area (Å²) in [4.78, 5) is 15.7. The van der Waals surface area contributed by atoms with Gasteiger partial charge in [0.05, 0.1) is 33.3 Å². The van der Waals surface area contributed by atoms with Gasteiger partial charge in [-0.25, -0.2) is 15.0 Å². The van der Waals surface area contributed by atoms with Crippen LogP contribution < -0.4 is 0 Å². The molecule has 0 N–H and O–H groups in total. The van der Waals surface area contributed by atoms with Crippen molar-refractivity contribution in [3.63, 3.8) is 0 Å². The molecule has 0 saturated heterocycles. The molecule has 5 nitrogen and oxygen atoms in total. The molecule has 62 heavy (non-hydrogen) atoms. The topological polar surface area (TPSA) is 48.5 Å². The molecule has 0 aliphatic heterocycles. The molecule has 0 amide bonds. The average molecular weight is 790 g/mol. The monoisotopic (exact) mass is 789 g/mol. The second-order valence-electron chi connectivity index (χ2n) is 16.0. The number of para-hydroxylation sites is 2. The lowest BCUT2D eigenvalue weighted by Crippen LogP contribution is -2.04. The van der Waals surface area contributed by atoms with E-state index in [0.29, 0.717) is 17.5 Å². The van der Waals surface area contributed by atoms with E-state index in [4.69, 9.17) is 15.0 Å². The van der Waals surface area contributed by atoms with Crippen molar-refractivity contribution in [1.82, 2.24) is 24.1 Å². The van der Waals surface area contributed by atoms with Gasteiger partial charge in [0.2, 0.25) is 0 Å². The summed E-state index contributed by atoms with van der Waals surface area (Å²) in [6.45, 7) is 0. The van der Waals surface area contributed by atoms with Crippen molar-refractivity contribution in [2.45, 2.75) is 0 Å². The number of hydrogen-bond donors (Lipinski definition) is 0. The lowest BCUT2D eigenvalue weighted by atomic mass is 10.0. The highest BCUT2D eigenvalue weighted by atomic mass is 15.1. The summed E-state index contributed by atoms with van der Waals surface area (Å²) in [5.41, 5.74) is 9.57. The molecule has 13 rings (SSSR count). The Hall–Kier alpha value is -8.41. The van der Waals surface area contributed by atoms with E-state index in [1.807, 2.05) is 36.4 Å². The highest BCUT2D eigenvalue weighted by Crippen LogP contribution is 2.42. The van der Waals surface area contributed by atoms with Crippen molar-refractivity contribution < 1.29 is 0 Å². The summed E-state index contributed by atoms with van der Waals surface area (Å²) in [6, 6.07) is 75.8. The molecule has 0 spiro atoms. The molecule has 0 fully saturated rings. The number of nitrogens with zero attached hydrogens (tertiary/aromatic N) is 5. The molecule has 288 valence electrons. The molecule has 5 heteroatoms. The summed E-state index contributed by atoms with van der Waals surface area (Å²) in [5, 5.41) is 12.0. The van der Waals surface area contributed by atoms with Crippen LogP contribution in [0.4, 0.5) is 0 Å². The first-order chi connectivity index (χ1) is 30.7. The van der Waals surface area contributed by atoms with E-state index in [9.17, 15) is 0 Å². The maximum absolute atomic E-state index is 5.30. The third-order valence-electron chi connectivity index (χ3n) is 12.5. The maximum Gasteiger partial charge on any atom is 0.166 e. The first kappa shape index (κ1) is 34.5. The van der Waals surface area contributed by atoms with Crippen molar-refractivity contribution in [3.05, 3.63) is 212 Å². The van der Waals surface area contributed by atoms with Crippen LogP contribution in [0.3, 0.4) is 0 Å². The van der Waals surface area contributed by atoms with Gasteiger partial charge in [-0.05, 0) is 80.8 Å². The second kappa shape index (κ2) is 13.6. The Kier molecular flexibility index (Phi) is 7.54. The van der Waals surface area contributed by atoms with E-state index in [2.05, 4.69) is 185 Å². The Labute approximate surface area is 356 Å². The zero-order valence-electron chi connectivity index (χ0n) is 33.4. The van der Waals surface area contributed by atoms with Crippen LogP contribution in [0.1, 0.15) is 0 Å². The molecule has 10 aromatic carbocycles. The van der Waals surface area contributed by atoms with Gasteiger partial charge in [0.25, 0.3) is 0 Å². The molecule has 0 aliphatic carbocycles. The standard InChI is InChI=1S/C57H35N5/c1-3-17-38(18-4-1)55-58-56(39-19-5-2-6-20-39)60-57(59-55)54-44-22-10-8-16-37(44)29-32-51(54)62-48-25-13-11-23-45(48)47-34-40-27-30-42(33-41(40)35-52(47)62)61-49-26-14-12-24-46(49)53-43-21-9-7-15-36(43)28-31-50(53)61/h1-35H. The minimum atomic E-state index is 0.623. The van der Waals surface area contributed by atoms with Gasteiger partial charge in [-0.1, -0.05) is 164 Å². The molecule has 3 aromatic heterocycles. The van der Waals surface area contributed by atoms with E-state index in [1.165, 1.54) is 48.7 Å². The van der Waals surface area contributed by atoms with Gasteiger partial charge in [0.15, 0.2) is 17.5 Å². The molecule has 0 aliphatic rings. The Morgan fingerprint density at radius 1 is 0.290 bits per heavy atom. The number of aromatic nitrogens is 5. The largest absolute Gasteiger partial charge is 0.309 e. The zero-order chi connectivity index (χ0) is 40.7. The Bertz CT molecular complexity index is 3860. The normalized spacial score (nSPS) is 11.9. The molecular formula is C57H35N5. The summed E-state index contributed by atoms with van der Waals surface area (Å²) >= 11 is 0. The van der Waals surface area contributed by atoms with Gasteiger partial charge < -0.3 is 9.13 Å². The SMILES string of the molecule is c1ccc(-c2nc(-c3ccccc3)nc(-c3c(-n4c5ccccc5c5cc6ccc(-n7c8ccccc8c8c9ccccc9ccc87)cc6cc54)ccc4ccccc34)n2)cc1. The molecule has 0 saturated carbocycles. The third kappa shape index (κ3) is 5.25. The molecule has 0 radical (unpaired) electrons. The van der Waals surface area contributed by atoms with Gasteiger partial charge in [-0.3, -0.25) is 0 Å². The Morgan fingerprint density at radius 2 is 0.839 bits per heavy atom. The Balaban J connectivity index is 1.09. The number of fused-ring (bicyclic) bond motifs is 10. The number of rotatable bonds is 5. The lowest BCUT2D eigenvalue weighted by molar-refractivity contribution is 1.07. The molecule has 3 heterocycles. The van der Waals surface area contributed by atoms with Crippen LogP contribution in [0.2, 0.25) is 0 Å². The number of hydrogen-bond acceptors (Lipinski definition) is 3. The van der Waals surface area contributed by atoms with Crippen LogP contribution in [0.5, 0.6) is 0 Å². The van der Waals surface area contributed by atoms with Crippen molar-refractivity contribution >= 4 is 75.9 Å². The highest BCUT2D eigenvalue weighted by Gasteiger charge is 2.22. The van der Waals surface area contributed by atoms with Crippen LogP contribution >= 0.6 is 0 Å². The predicted octanol–water partition coefficient (Wildman–Crippen LogP) is 14.5. The first-order valence-corrected chi connectivity index (χ1v) is 21.0. The van der Waals surface area contributed by atoms with Crippen LogP contribution in [0.25, 0.3) is 121 Å². The van der Waals surface area contributed by atoms with Gasteiger partial charge >= 0.3 is 0 Å². The van der Waals surface area contributed by atoms with Gasteiger partial charge in [-0.2, -0.15) is 0 Å². The second-order valence-corrected chi connectivity index (χ2v) is 16.0. The highest BCUT2D eigenvalue weighted by molar-refractivity contribution is 6.21. The number of benzene rings is 10. The zero-order valence-corrected chi connectivity index (χ0v) is 33.4. The first-order valence-electron chi connectivity index (χ1n) is 21.0. The Morgan fingerprint density at radius 3 is 1.56 bits per heavy atom. The average Bonchev–Trinajstić information content (AvgIpc) is 3.85. The quantitative estimate of drug-likeness (QED) is 0.174. The van der Waals surface area contributed by atoms with E-state index in [0.717, 1.165) is 55.3 Å². The minimum Gasteiger partial charge on any atom is -0.309 e. The van der Waals surface area contributed by atoms with E-state index >= 15 is 0 Å². The van der Waals surface area contributed by atoms with Crippen LogP contribution in [-0.2, 0) is 0 Å². The van der Waals surface area contributed by atoms with Crippen LogP contribution in [0, 0.1) is 0 Å². The van der Waals surface area contributed by atoms with Crippen molar-refractivity contribution in [3.8, 4) is 45.5 Å². The van der Waals surface area contributed by atoms with Crippen LogP contribution in [-0.4, -0.2) is 24.1 Å². The smallest absolute Gasteiger partial charge is 0.166 e. The van der Waals surface area contributed by atoms with E-state index < -0.39 is 0 Å². The van der Waals surface area contributed by atoms with Crippen molar-refractivity contribution in [2.75, 3.05) is 0 Å². The summed E-state index contributed by atoms with van der Waals surface area (Å²) in [6.07, 6.45) is 0. The van der Waals surface area contributed by atoms with Crippen molar-refractivity contribution in [1.29, 1.82) is 0 Å². The fraction of sp³-hybridized carbons (Fsp3) is 0. The summed E-state index contributed by atoms with van der Waals surface area (Å²) in [7, 11) is 0. The van der Waals surface area contributed by atoms with E-state index in [-0.39, 0.29) is 0 Å². The van der Waals surface area contributed by atoms with Crippen molar-refractivity contribution in [2.24, 2.45) is 0 Å². The van der Waals surface area contributed by atoms with Gasteiger partial charge in [0.1, 0.15) is 0 Å². The maximum atomic E-state index is 5.30. The molecule has 0 atom stereocenters. The third-order valence-corrected chi connectivity index (χ3v) is 12.5. The van der Waals surface area contributed by atoms with Crippen LogP contribution in [0.15, 0.2) is 212 Å². The van der Waals surface area contributed by atoms with Gasteiger partial charge in [-0.15, -0.1) is 0 Å². The molecule has 13 aromatic rings. The fourth-order valence-corrected chi connectivity index (χ4v) is 9.72. The molecule has 0 bridgehead atoms. The summed E-state index contributed by atoms with van der Waals surface area (Å²) < 4.78 is 4.84. The lowest BCUT2D eigenvalue weighted by Gasteiger charge is -2.17. The van der Waals surface area contributed by atoms with E-state index in [1.54, 1.807) is 0 Å². The fourth-order valence-electron chi connectivity index (χ4n) is 9.72. The minimum absolute atomic E-state index is 0.623. The summed E-state index contributed by atoms with van der Waals surface area (Å²) in [5.74, 6) is 1.89. The molecule has 0 unspecified atom stereocenters. The molecular weight excluding hydrogens is 755 g/mol. The van der Waals surface area contributed by atoms with Gasteiger partial charge in [0, 0.05) is 38.4 Å².